The van der Waals surface area contributed by atoms with E-state index in [1.54, 1.807) is 0 Å². The van der Waals surface area contributed by atoms with Crippen LogP contribution in [0.25, 0.3) is 10.6 Å². The van der Waals surface area contributed by atoms with Crippen LogP contribution in [0, 0.1) is 0 Å². The first-order valence-corrected chi connectivity index (χ1v) is 23.5. The van der Waals surface area contributed by atoms with Crippen LogP contribution < -0.4 is 0 Å². The molecule has 4 nitrogen and oxygen atoms in total. The second-order valence-electron chi connectivity index (χ2n) is 19.7. The Hall–Kier alpha value is -2.52. The Labute approximate surface area is 444 Å². The topological polar surface area (TPSA) is 52.9 Å². The predicted octanol–water partition coefficient (Wildman–Crippen LogP) is 19.8. The van der Waals surface area contributed by atoms with Crippen LogP contribution in [0.4, 0.5) is 22.7 Å². The van der Waals surface area contributed by atoms with Crippen LogP contribution in [0.2, 0.25) is 0 Å². The molecule has 65 heavy (non-hydrogen) atoms. The minimum atomic E-state index is 0. The minimum Gasteiger partial charge on any atom is -0.661 e. The van der Waals surface area contributed by atoms with Gasteiger partial charge in [0.2, 0.25) is 0 Å². The molecule has 0 N–H and O–H groups in total. The number of aliphatic imine (C=N–C) groups is 2. The van der Waals surface area contributed by atoms with Crippen molar-refractivity contribution >= 4 is 34.2 Å². The van der Waals surface area contributed by atoms with Crippen LogP contribution in [0.3, 0.4) is 0 Å². The Morgan fingerprint density at radius 3 is 0.723 bits per heavy atom. The molecule has 4 rings (SSSR count). The summed E-state index contributed by atoms with van der Waals surface area (Å²) in [7, 11) is 0. The molecule has 0 unspecified atom stereocenters. The smallest absolute Gasteiger partial charge is 0.0701 e. The first-order chi connectivity index (χ1) is 29.0. The molecule has 7 heteroatoms. The molecule has 0 fully saturated rings. The van der Waals surface area contributed by atoms with Crippen molar-refractivity contribution in [3.05, 3.63) is 151 Å². The summed E-state index contributed by atoms with van der Waals surface area (Å²) in [6, 6.07) is 26.3. The number of rotatable bonds is 16. The molecule has 0 spiro atoms. The zero-order valence-corrected chi connectivity index (χ0v) is 56.0. The van der Waals surface area contributed by atoms with E-state index in [0.29, 0.717) is 47.3 Å². The van der Waals surface area contributed by atoms with E-state index in [2.05, 4.69) is 223 Å². The van der Waals surface area contributed by atoms with Crippen molar-refractivity contribution in [2.24, 2.45) is 9.98 Å². The third kappa shape index (κ3) is 18.1. The van der Waals surface area contributed by atoms with Gasteiger partial charge in [-0.25, -0.2) is 0 Å². The minimum absolute atomic E-state index is 0. The molecule has 0 radical (unpaired) electrons. The average Bonchev–Trinajstić information content (AvgIpc) is 3.17. The fraction of sp³-hybridized carbons (Fsp3) is 0.483. The number of allylic oxidation sites excluding steroid dienone is 4. The summed E-state index contributed by atoms with van der Waals surface area (Å²) in [6.45, 7) is 44.1. The molecule has 0 aliphatic carbocycles. The van der Waals surface area contributed by atoms with Gasteiger partial charge in [-0.3, -0.25) is 9.98 Å². The van der Waals surface area contributed by atoms with Gasteiger partial charge in [0.05, 0.1) is 11.4 Å². The molecule has 0 amide bonds. The van der Waals surface area contributed by atoms with Crippen molar-refractivity contribution in [1.29, 1.82) is 0 Å². The quantitative estimate of drug-likeness (QED) is 0.0793. The van der Waals surface area contributed by atoms with E-state index < -0.39 is 0 Å². The fourth-order valence-electron chi connectivity index (χ4n) is 8.00. The summed E-state index contributed by atoms with van der Waals surface area (Å²) < 4.78 is 0. The third-order valence-corrected chi connectivity index (χ3v) is 11.4. The molecule has 0 aliphatic heterocycles. The maximum absolute atomic E-state index is 5.08. The van der Waals surface area contributed by atoms with Gasteiger partial charge in [0.1, 0.15) is 0 Å². The molecule has 0 aromatic heterocycles. The van der Waals surface area contributed by atoms with Crippen LogP contribution >= 0.6 is 0 Å². The Kier molecular flexibility index (Phi) is 28.2. The van der Waals surface area contributed by atoms with E-state index >= 15 is 0 Å². The zero-order chi connectivity index (χ0) is 46.6. The average molecular weight is 1170 g/mol. The van der Waals surface area contributed by atoms with E-state index in [1.807, 2.05) is 0 Å². The van der Waals surface area contributed by atoms with E-state index in [0.717, 1.165) is 45.6 Å². The van der Waals surface area contributed by atoms with E-state index in [-0.39, 0.29) is 66.6 Å². The number of hydrogen-bond donors (Lipinski definition) is 0. The van der Waals surface area contributed by atoms with Crippen molar-refractivity contribution in [2.75, 3.05) is 0 Å². The van der Waals surface area contributed by atoms with E-state index in [4.69, 9.17) is 20.6 Å². The summed E-state index contributed by atoms with van der Waals surface area (Å²) >= 11 is 0. The van der Waals surface area contributed by atoms with Gasteiger partial charge in [-0.15, -0.1) is 11.4 Å². The first-order valence-electron chi connectivity index (χ1n) is 23.5. The van der Waals surface area contributed by atoms with Crippen molar-refractivity contribution in [2.45, 2.75) is 186 Å². The number of nitrogens with zero attached hydrogens (tertiary/aromatic N) is 4. The van der Waals surface area contributed by atoms with Crippen LogP contribution in [-0.2, 0) is 66.6 Å². The molecular formula is C58H82HgN4Zn2-2. The number of benzene rings is 4. The van der Waals surface area contributed by atoms with Gasteiger partial charge < -0.3 is 10.6 Å². The largest absolute Gasteiger partial charge is 0.661 e. The van der Waals surface area contributed by atoms with Crippen molar-refractivity contribution in [3.8, 4) is 0 Å². The molecule has 0 aliphatic rings. The Morgan fingerprint density at radius 2 is 0.538 bits per heavy atom. The Balaban J connectivity index is 0.00000120. The van der Waals surface area contributed by atoms with Crippen LogP contribution in [-0.4, -0.2) is 11.4 Å². The molecule has 4 aromatic rings. The van der Waals surface area contributed by atoms with E-state index in [9.17, 15) is 0 Å². The monoisotopic (exact) mass is 1160 g/mol. The van der Waals surface area contributed by atoms with Gasteiger partial charge in [0.25, 0.3) is 0 Å². The number of hydrogen-bond acceptors (Lipinski definition) is 2. The van der Waals surface area contributed by atoms with Gasteiger partial charge in [-0.05, 0) is 83.4 Å². The molecule has 0 heterocycles. The molecular weight excluding hydrogens is 1080 g/mol. The summed E-state index contributed by atoms with van der Waals surface area (Å²) in [5.74, 6) is 3.49. The molecule has 4 aromatic carbocycles. The standard InChI is InChI=1S/2C29H41N2.Hg.2Zn/c2*1-18(2)24-13-11-14-25(19(3)4)28(24)30-22(9)17-23(10)31-29-26(20(5)6)15-12-16-27(29)21(7)8;;;/h2*11-21H,1-10H3;;;/q2*-1;;;/b2*22-17+,31-23?;;;. The normalized spacial score (nSPS) is 12.5. The third-order valence-electron chi connectivity index (χ3n) is 11.4. The van der Waals surface area contributed by atoms with Crippen molar-refractivity contribution in [3.63, 3.8) is 0 Å². The second-order valence-corrected chi connectivity index (χ2v) is 19.7. The fourth-order valence-corrected chi connectivity index (χ4v) is 8.00. The molecule has 0 bridgehead atoms. The summed E-state index contributed by atoms with van der Waals surface area (Å²) in [6.07, 6.45) is 4.23. The summed E-state index contributed by atoms with van der Waals surface area (Å²) in [5, 5.41) is 10.2. The van der Waals surface area contributed by atoms with Gasteiger partial charge in [0, 0.05) is 78.0 Å². The van der Waals surface area contributed by atoms with Crippen LogP contribution in [0.15, 0.2) is 106 Å². The van der Waals surface area contributed by atoms with Crippen molar-refractivity contribution in [1.82, 2.24) is 0 Å². The van der Waals surface area contributed by atoms with Crippen LogP contribution in [0.1, 0.15) is 230 Å². The van der Waals surface area contributed by atoms with Gasteiger partial charge >= 0.3 is 0 Å². The van der Waals surface area contributed by atoms with Gasteiger partial charge in [0.15, 0.2) is 0 Å². The molecule has 0 saturated heterocycles. The second kappa shape index (κ2) is 29.4. The maximum atomic E-state index is 5.08. The Bertz CT molecular complexity index is 1960. The molecule has 0 atom stereocenters. The molecule has 342 valence electrons. The zero-order valence-electron chi connectivity index (χ0n) is 44.6. The van der Waals surface area contributed by atoms with Crippen molar-refractivity contribution < 1.29 is 66.6 Å². The SMILES string of the molecule is CC(/C=C(\C)[N-]c1c(C(C)C)cccc1C(C)C)=Nc1c(C(C)C)cccc1C(C)C.CC(/C=C(\C)[N-]c1c(C(C)C)cccc1C(C)C)=Nc1c(C(C)C)cccc1C(C)C.[Hg].[Zn].[Zn]. The first kappa shape index (κ1) is 62.5. The maximum Gasteiger partial charge on any atom is 0.0701 e. The summed E-state index contributed by atoms with van der Waals surface area (Å²) in [5.41, 5.74) is 18.9. The summed E-state index contributed by atoms with van der Waals surface area (Å²) in [4.78, 5) is 10.2. The van der Waals surface area contributed by atoms with Crippen LogP contribution in [0.5, 0.6) is 0 Å². The van der Waals surface area contributed by atoms with Gasteiger partial charge in [-0.2, -0.15) is 11.4 Å². The van der Waals surface area contributed by atoms with Gasteiger partial charge in [-0.1, -0.05) is 232 Å². The molecule has 0 saturated carbocycles. The number of para-hydroxylation sites is 4. The van der Waals surface area contributed by atoms with E-state index in [1.165, 1.54) is 44.5 Å². The predicted molar refractivity (Wildman–Crippen MR) is 278 cm³/mol. The Morgan fingerprint density at radius 1 is 0.354 bits per heavy atom.